The van der Waals surface area contributed by atoms with Crippen molar-refractivity contribution in [1.82, 2.24) is 24.8 Å². The first-order valence-electron chi connectivity index (χ1n) is 9.18. The highest BCUT2D eigenvalue weighted by Gasteiger charge is 2.37. The second-order valence-corrected chi connectivity index (χ2v) is 6.90. The lowest BCUT2D eigenvalue weighted by Gasteiger charge is -2.35. The fourth-order valence-corrected chi connectivity index (χ4v) is 3.64. The van der Waals surface area contributed by atoms with Crippen LogP contribution in [0.5, 0.6) is 0 Å². The quantitative estimate of drug-likeness (QED) is 0.787. The summed E-state index contributed by atoms with van der Waals surface area (Å²) in [7, 11) is 0. The molecule has 2 amide bonds. The maximum absolute atomic E-state index is 12.9. The molecule has 2 fully saturated rings. The van der Waals surface area contributed by atoms with Crippen LogP contribution in [0, 0.1) is 5.92 Å². The van der Waals surface area contributed by atoms with Crippen molar-refractivity contribution in [2.24, 2.45) is 5.92 Å². The molecule has 0 N–H and O–H groups in total. The highest BCUT2D eigenvalue weighted by molar-refractivity contribution is 5.89. The summed E-state index contributed by atoms with van der Waals surface area (Å²) in [6.45, 7) is 3.66. The average molecular weight is 366 g/mol. The Kier molecular flexibility index (Phi) is 4.95. The summed E-state index contributed by atoms with van der Waals surface area (Å²) in [5, 5.41) is 0. The van der Waals surface area contributed by atoms with E-state index in [0.29, 0.717) is 51.6 Å². The summed E-state index contributed by atoms with van der Waals surface area (Å²) in [6.07, 6.45) is 7.21. The maximum Gasteiger partial charge on any atom is 0.228 e. The van der Waals surface area contributed by atoms with Gasteiger partial charge in [0.25, 0.3) is 0 Å². The van der Waals surface area contributed by atoms with E-state index in [1.54, 1.807) is 35.8 Å². The molecule has 1 unspecified atom stereocenters. The number of rotatable bonds is 4. The Morgan fingerprint density at radius 3 is 2.56 bits per heavy atom. The van der Waals surface area contributed by atoms with Crippen molar-refractivity contribution in [2.75, 3.05) is 37.6 Å². The zero-order chi connectivity index (χ0) is 18.6. The smallest absolute Gasteiger partial charge is 0.228 e. The minimum atomic E-state index is -0.256. The molecule has 8 nitrogen and oxygen atoms in total. The fraction of sp³-hybridized carbons (Fsp3) is 0.421. The van der Waals surface area contributed by atoms with Crippen LogP contribution in [0.3, 0.4) is 0 Å². The number of likely N-dealkylation sites (tertiary alicyclic amines) is 1. The highest BCUT2D eigenvalue weighted by Crippen LogP contribution is 2.23. The predicted octanol–water partition coefficient (Wildman–Crippen LogP) is 0.569. The zero-order valence-electron chi connectivity index (χ0n) is 15.1. The maximum atomic E-state index is 12.9. The zero-order valence-corrected chi connectivity index (χ0v) is 15.1. The van der Waals surface area contributed by atoms with Gasteiger partial charge in [-0.3, -0.25) is 14.6 Å². The molecular formula is C19H22N6O2. The largest absolute Gasteiger partial charge is 0.339 e. The van der Waals surface area contributed by atoms with Crippen LogP contribution in [-0.4, -0.2) is 69.3 Å². The van der Waals surface area contributed by atoms with Gasteiger partial charge in [-0.2, -0.15) is 0 Å². The summed E-state index contributed by atoms with van der Waals surface area (Å²) in [4.78, 5) is 43.5. The van der Waals surface area contributed by atoms with Crippen molar-refractivity contribution in [3.8, 4) is 0 Å². The standard InChI is InChI=1S/C19H22N6O2/c26-17-11-16(14-25(17)13-15-3-1-4-20-12-15)18(27)23-7-9-24(10-8-23)19-21-5-2-6-22-19/h1-6,12,16H,7-11,13-14H2. The van der Waals surface area contributed by atoms with Crippen LogP contribution < -0.4 is 4.90 Å². The van der Waals surface area contributed by atoms with Gasteiger partial charge in [-0.1, -0.05) is 6.07 Å². The lowest BCUT2D eigenvalue weighted by atomic mass is 10.1. The Morgan fingerprint density at radius 1 is 1.07 bits per heavy atom. The molecule has 4 heterocycles. The number of aromatic nitrogens is 3. The van der Waals surface area contributed by atoms with Crippen molar-refractivity contribution in [1.29, 1.82) is 0 Å². The van der Waals surface area contributed by atoms with Crippen molar-refractivity contribution in [2.45, 2.75) is 13.0 Å². The van der Waals surface area contributed by atoms with Gasteiger partial charge in [0.2, 0.25) is 17.8 Å². The van der Waals surface area contributed by atoms with E-state index in [4.69, 9.17) is 0 Å². The van der Waals surface area contributed by atoms with Gasteiger partial charge in [0.05, 0.1) is 5.92 Å². The molecule has 2 saturated heterocycles. The minimum absolute atomic E-state index is 0.0357. The summed E-state index contributed by atoms with van der Waals surface area (Å²) < 4.78 is 0. The van der Waals surface area contributed by atoms with Crippen LogP contribution in [0.1, 0.15) is 12.0 Å². The van der Waals surface area contributed by atoms with Gasteiger partial charge < -0.3 is 14.7 Å². The molecule has 4 rings (SSSR count). The molecule has 2 aliphatic rings. The third kappa shape index (κ3) is 3.89. The molecule has 2 aromatic heterocycles. The molecule has 2 aromatic rings. The van der Waals surface area contributed by atoms with E-state index < -0.39 is 0 Å². The fourth-order valence-electron chi connectivity index (χ4n) is 3.64. The van der Waals surface area contributed by atoms with Crippen molar-refractivity contribution >= 4 is 17.8 Å². The van der Waals surface area contributed by atoms with Crippen LogP contribution in [0.2, 0.25) is 0 Å². The second kappa shape index (κ2) is 7.69. The first-order valence-corrected chi connectivity index (χ1v) is 9.18. The molecule has 0 radical (unpaired) electrons. The van der Waals surface area contributed by atoms with Crippen LogP contribution in [0.15, 0.2) is 43.0 Å². The summed E-state index contributed by atoms with van der Waals surface area (Å²) in [5.41, 5.74) is 0.982. The number of piperazine rings is 1. The number of hydrogen-bond acceptors (Lipinski definition) is 6. The Labute approximate surface area is 157 Å². The Bertz CT molecular complexity index is 792. The number of carbonyl (C=O) groups is 2. The van der Waals surface area contributed by atoms with Crippen LogP contribution in [0.25, 0.3) is 0 Å². The van der Waals surface area contributed by atoms with E-state index >= 15 is 0 Å². The van der Waals surface area contributed by atoms with Crippen molar-refractivity contribution in [3.05, 3.63) is 48.5 Å². The van der Waals surface area contributed by atoms with Gasteiger partial charge in [0.1, 0.15) is 0 Å². The summed E-state index contributed by atoms with van der Waals surface area (Å²) in [6, 6.07) is 5.59. The molecule has 0 aliphatic carbocycles. The van der Waals surface area contributed by atoms with E-state index in [1.165, 1.54) is 0 Å². The molecule has 2 aliphatic heterocycles. The topological polar surface area (TPSA) is 82.5 Å². The minimum Gasteiger partial charge on any atom is -0.339 e. The molecule has 27 heavy (non-hydrogen) atoms. The van der Waals surface area contributed by atoms with E-state index in [1.807, 2.05) is 17.0 Å². The first-order chi connectivity index (χ1) is 13.2. The van der Waals surface area contributed by atoms with Gasteiger partial charge in [0, 0.05) is 70.5 Å². The molecule has 0 saturated carbocycles. The van der Waals surface area contributed by atoms with Crippen LogP contribution in [-0.2, 0) is 16.1 Å². The normalized spacial score (nSPS) is 20.2. The Morgan fingerprint density at radius 2 is 1.85 bits per heavy atom. The van der Waals surface area contributed by atoms with Gasteiger partial charge in [-0.25, -0.2) is 9.97 Å². The third-order valence-corrected chi connectivity index (χ3v) is 5.09. The number of anilines is 1. The number of amides is 2. The van der Waals surface area contributed by atoms with Gasteiger partial charge in [-0.15, -0.1) is 0 Å². The molecule has 1 atom stereocenters. The number of pyridine rings is 1. The van der Waals surface area contributed by atoms with Crippen molar-refractivity contribution < 1.29 is 9.59 Å². The third-order valence-electron chi connectivity index (χ3n) is 5.09. The predicted molar refractivity (Wildman–Crippen MR) is 98.6 cm³/mol. The summed E-state index contributed by atoms with van der Waals surface area (Å²) >= 11 is 0. The van der Waals surface area contributed by atoms with Gasteiger partial charge in [-0.05, 0) is 17.7 Å². The first kappa shape index (κ1) is 17.4. The molecule has 0 spiro atoms. The molecule has 0 aromatic carbocycles. The number of carbonyl (C=O) groups excluding carboxylic acids is 2. The number of hydrogen-bond donors (Lipinski definition) is 0. The molecule has 140 valence electrons. The van der Waals surface area contributed by atoms with E-state index in [2.05, 4.69) is 19.9 Å². The summed E-state index contributed by atoms with van der Waals surface area (Å²) in [5.74, 6) is 0.552. The number of nitrogens with zero attached hydrogens (tertiary/aromatic N) is 6. The molecule has 8 heteroatoms. The van der Waals surface area contributed by atoms with E-state index in [9.17, 15) is 9.59 Å². The Balaban J connectivity index is 1.32. The van der Waals surface area contributed by atoms with Crippen LogP contribution in [0.4, 0.5) is 5.95 Å². The molecular weight excluding hydrogens is 344 g/mol. The average Bonchev–Trinajstić information content (AvgIpc) is 3.09. The van der Waals surface area contributed by atoms with E-state index in [0.717, 1.165) is 5.56 Å². The van der Waals surface area contributed by atoms with E-state index in [-0.39, 0.29) is 17.7 Å². The SMILES string of the molecule is O=C1CC(C(=O)N2CCN(c3ncccn3)CC2)CN1Cc1cccnc1. The van der Waals surface area contributed by atoms with Crippen molar-refractivity contribution in [3.63, 3.8) is 0 Å². The lowest BCUT2D eigenvalue weighted by Crippen LogP contribution is -2.51. The highest BCUT2D eigenvalue weighted by atomic mass is 16.2. The van der Waals surface area contributed by atoms with Gasteiger partial charge in [0.15, 0.2) is 0 Å². The van der Waals surface area contributed by atoms with Gasteiger partial charge >= 0.3 is 0 Å². The Hall–Kier alpha value is -3.03. The second-order valence-electron chi connectivity index (χ2n) is 6.90. The molecule has 0 bridgehead atoms. The monoisotopic (exact) mass is 366 g/mol. The lowest BCUT2D eigenvalue weighted by molar-refractivity contribution is -0.136. The van der Waals surface area contributed by atoms with Crippen LogP contribution >= 0.6 is 0 Å².